The van der Waals surface area contributed by atoms with Crippen molar-refractivity contribution in [3.63, 3.8) is 0 Å². The molecule has 0 radical (unpaired) electrons. The van der Waals surface area contributed by atoms with Crippen molar-refractivity contribution < 1.29 is 60.4 Å². The van der Waals surface area contributed by atoms with Gasteiger partial charge in [-0.2, -0.15) is 26.3 Å². The van der Waals surface area contributed by atoms with E-state index in [-0.39, 0.29) is 29.8 Å². The maximum absolute atomic E-state index is 13.4. The van der Waals surface area contributed by atoms with Gasteiger partial charge in [0, 0.05) is 31.1 Å². The third-order valence-electron chi connectivity index (χ3n) is 7.49. The predicted octanol–water partition coefficient (Wildman–Crippen LogP) is 4.74. The van der Waals surface area contributed by atoms with Gasteiger partial charge in [0.1, 0.15) is 5.82 Å². The first-order chi connectivity index (χ1) is 24.2. The van der Waals surface area contributed by atoms with Gasteiger partial charge >= 0.3 is 24.3 Å². The van der Waals surface area contributed by atoms with Crippen molar-refractivity contribution in [2.45, 2.75) is 63.5 Å². The van der Waals surface area contributed by atoms with Crippen molar-refractivity contribution in [3.05, 3.63) is 53.3 Å². The van der Waals surface area contributed by atoms with Gasteiger partial charge in [-0.15, -0.1) is 0 Å². The number of amides is 1. The molecule has 0 bridgehead atoms. The Hall–Kier alpha value is -5.56. The van der Waals surface area contributed by atoms with E-state index >= 15 is 0 Å². The number of benzene rings is 2. The maximum atomic E-state index is 13.4. The number of carboxylic acid groups (broad SMARTS) is 2. The molecule has 1 aromatic heterocycles. The molecule has 4 rings (SSSR count). The zero-order chi connectivity index (χ0) is 39.4. The molecule has 2 aromatic carbocycles. The second-order valence-electron chi connectivity index (χ2n) is 11.4. The van der Waals surface area contributed by atoms with Crippen LogP contribution in [0.25, 0.3) is 10.9 Å². The van der Waals surface area contributed by atoms with Crippen LogP contribution < -0.4 is 25.8 Å². The summed E-state index contributed by atoms with van der Waals surface area (Å²) in [4.78, 5) is 42.2. The van der Waals surface area contributed by atoms with Crippen LogP contribution in [0.1, 0.15) is 47.4 Å². The Morgan fingerprint density at radius 1 is 0.923 bits per heavy atom. The number of guanidine groups is 1. The number of alkyl halides is 6. The Balaban J connectivity index is 0.000000564. The number of rotatable bonds is 9. The molecule has 1 heterocycles. The number of aromatic nitrogens is 2. The highest BCUT2D eigenvalue weighted by Crippen LogP contribution is 2.29. The van der Waals surface area contributed by atoms with Gasteiger partial charge in [0.25, 0.3) is 5.91 Å². The molecule has 0 saturated heterocycles. The van der Waals surface area contributed by atoms with Gasteiger partial charge in [0.05, 0.1) is 19.7 Å². The zero-order valence-electron chi connectivity index (χ0n) is 28.5. The molecule has 20 heteroatoms. The van der Waals surface area contributed by atoms with Gasteiger partial charge in [-0.05, 0) is 56.0 Å². The largest absolute Gasteiger partial charge is 0.493 e. The van der Waals surface area contributed by atoms with Crippen LogP contribution in [0.3, 0.4) is 0 Å². The first kappa shape index (κ1) is 42.6. The summed E-state index contributed by atoms with van der Waals surface area (Å²) in [5.41, 5.74) is 8.46. The Bertz CT molecular complexity index is 1700. The summed E-state index contributed by atoms with van der Waals surface area (Å²) in [7, 11) is 4.96. The average Bonchev–Trinajstić information content (AvgIpc) is 3.07. The molecule has 1 amide bonds. The molecule has 0 aliphatic heterocycles. The number of aliphatic carboxylic acids is 2. The topological polar surface area (TPSA) is 213 Å². The van der Waals surface area contributed by atoms with Crippen molar-refractivity contribution in [1.82, 2.24) is 20.2 Å². The molecule has 52 heavy (non-hydrogen) atoms. The number of ether oxygens (including phenoxy) is 2. The van der Waals surface area contributed by atoms with E-state index in [1.807, 2.05) is 43.3 Å². The Morgan fingerprint density at radius 3 is 2.00 bits per heavy atom. The predicted molar refractivity (Wildman–Crippen MR) is 177 cm³/mol. The SMILES string of the molecule is COc1ccc(CCN(C)C(=O)c2nc(NC3CCCCC3NC(=N)N)c3cc(C)ccc3n2)cc1OC.O=C(O)C(F)(F)F.O=C(O)C(F)(F)F. The number of hydrogen-bond acceptors (Lipinski definition) is 9. The van der Waals surface area contributed by atoms with Crippen LogP contribution in [0.15, 0.2) is 36.4 Å². The smallest absolute Gasteiger partial charge is 0.490 e. The number of nitrogens with two attached hydrogens (primary N) is 1. The lowest BCUT2D eigenvalue weighted by molar-refractivity contribution is -0.193. The second-order valence-corrected chi connectivity index (χ2v) is 11.4. The summed E-state index contributed by atoms with van der Waals surface area (Å²) < 4.78 is 74.2. The van der Waals surface area contributed by atoms with E-state index in [9.17, 15) is 31.1 Å². The molecule has 1 fully saturated rings. The number of aryl methyl sites for hydroxylation is 1. The van der Waals surface area contributed by atoms with Gasteiger partial charge in [-0.1, -0.05) is 30.5 Å². The van der Waals surface area contributed by atoms with Gasteiger partial charge in [0.15, 0.2) is 17.5 Å². The van der Waals surface area contributed by atoms with Crippen LogP contribution in [0.5, 0.6) is 11.5 Å². The highest BCUT2D eigenvalue weighted by atomic mass is 19.4. The summed E-state index contributed by atoms with van der Waals surface area (Å²) in [5.74, 6) is -3.72. The second kappa shape index (κ2) is 18.6. The van der Waals surface area contributed by atoms with E-state index in [1.165, 1.54) is 0 Å². The first-order valence-corrected chi connectivity index (χ1v) is 15.4. The minimum atomic E-state index is -5.08. The molecule has 2 unspecified atom stereocenters. The fraction of sp³-hybridized carbons (Fsp3) is 0.438. The van der Waals surface area contributed by atoms with Crippen molar-refractivity contribution in [2.75, 3.05) is 33.1 Å². The van der Waals surface area contributed by atoms with Crippen LogP contribution >= 0.6 is 0 Å². The normalized spacial score (nSPS) is 15.5. The third-order valence-corrected chi connectivity index (χ3v) is 7.49. The summed E-state index contributed by atoms with van der Waals surface area (Å²) in [6, 6.07) is 11.7. The van der Waals surface area contributed by atoms with E-state index in [2.05, 4.69) is 15.6 Å². The number of carbonyl (C=O) groups excluding carboxylic acids is 1. The maximum Gasteiger partial charge on any atom is 0.490 e. The summed E-state index contributed by atoms with van der Waals surface area (Å²) >= 11 is 0. The third kappa shape index (κ3) is 13.0. The molecule has 1 aliphatic rings. The minimum Gasteiger partial charge on any atom is -0.493 e. The lowest BCUT2D eigenvalue weighted by Crippen LogP contribution is -2.50. The van der Waals surface area contributed by atoms with E-state index in [1.54, 1.807) is 26.2 Å². The first-order valence-electron chi connectivity index (χ1n) is 15.4. The van der Waals surface area contributed by atoms with Crippen molar-refractivity contribution in [3.8, 4) is 11.5 Å². The number of methoxy groups -OCH3 is 2. The minimum absolute atomic E-state index is 0.0133. The van der Waals surface area contributed by atoms with Gasteiger partial charge in [-0.3, -0.25) is 10.2 Å². The number of nitrogens with one attached hydrogen (secondary N) is 3. The van der Waals surface area contributed by atoms with Gasteiger partial charge in [-0.25, -0.2) is 19.6 Å². The van der Waals surface area contributed by atoms with E-state index in [0.29, 0.717) is 35.8 Å². The number of hydrogen-bond donors (Lipinski definition) is 6. The van der Waals surface area contributed by atoms with Gasteiger partial charge in [0.2, 0.25) is 5.82 Å². The number of anilines is 1. The Morgan fingerprint density at radius 2 is 1.48 bits per heavy atom. The molecule has 1 saturated carbocycles. The molecular weight excluding hydrogens is 708 g/mol. The number of likely N-dealkylation sites (N-methyl/N-ethyl adjacent to an activating group) is 1. The standard InChI is InChI=1S/C28H37N7O3.2C2HF3O2/c1-17-9-11-20-19(15-17)25(32-21-7-5-6-8-22(21)33-28(29)30)34-26(31-20)27(36)35(2)14-13-18-10-12-23(37-3)24(16-18)38-4;2*3-2(4,5)1(6)7/h9-12,15-16,21-22H,5-8,13-14H2,1-4H3,(H4,29,30,33)(H,31,32,34);2*(H,6,7). The van der Waals surface area contributed by atoms with Crippen molar-refractivity contribution in [2.24, 2.45) is 5.73 Å². The van der Waals surface area contributed by atoms with Crippen LogP contribution in [0.4, 0.5) is 32.2 Å². The highest BCUT2D eigenvalue weighted by molar-refractivity contribution is 5.96. The number of carbonyl (C=O) groups is 3. The van der Waals surface area contributed by atoms with E-state index < -0.39 is 24.3 Å². The van der Waals surface area contributed by atoms with E-state index in [4.69, 9.17) is 45.4 Å². The monoisotopic (exact) mass is 747 g/mol. The quantitative estimate of drug-likeness (QED) is 0.0995. The molecule has 3 aromatic rings. The molecule has 14 nitrogen and oxygen atoms in total. The Kier molecular flexibility index (Phi) is 15.2. The fourth-order valence-electron chi connectivity index (χ4n) is 4.90. The van der Waals surface area contributed by atoms with Crippen LogP contribution in [-0.4, -0.2) is 101 Å². The molecule has 1 aliphatic carbocycles. The van der Waals surface area contributed by atoms with Crippen LogP contribution in [-0.2, 0) is 16.0 Å². The highest BCUT2D eigenvalue weighted by Gasteiger charge is 2.39. The van der Waals surface area contributed by atoms with Crippen LogP contribution in [0, 0.1) is 12.3 Å². The molecule has 7 N–H and O–H groups in total. The number of fused-ring (bicyclic) bond motifs is 1. The summed E-state index contributed by atoms with van der Waals surface area (Å²) in [6.07, 6.45) is -5.57. The van der Waals surface area contributed by atoms with Gasteiger partial charge < -0.3 is 41.0 Å². The molecular formula is C32H39F6N7O7. The van der Waals surface area contributed by atoms with Crippen molar-refractivity contribution >= 4 is 40.5 Å². The Labute approximate surface area is 293 Å². The fourth-order valence-corrected chi connectivity index (χ4v) is 4.90. The lowest BCUT2D eigenvalue weighted by Gasteiger charge is -2.33. The number of carboxylic acids is 2. The molecule has 0 spiro atoms. The van der Waals surface area contributed by atoms with Crippen molar-refractivity contribution in [1.29, 1.82) is 5.41 Å². The zero-order valence-corrected chi connectivity index (χ0v) is 28.5. The lowest BCUT2D eigenvalue weighted by atomic mass is 9.90. The number of nitrogens with zero attached hydrogens (tertiary/aromatic N) is 3. The summed E-state index contributed by atoms with van der Waals surface area (Å²) in [5, 5.41) is 29.4. The average molecular weight is 748 g/mol. The molecule has 286 valence electrons. The van der Waals surface area contributed by atoms with Crippen LogP contribution in [0.2, 0.25) is 0 Å². The number of halogens is 6. The molecule has 2 atom stereocenters. The summed E-state index contributed by atoms with van der Waals surface area (Å²) in [6.45, 7) is 2.50. The van der Waals surface area contributed by atoms with E-state index in [0.717, 1.165) is 42.2 Å².